The minimum atomic E-state index is -4.04. The molecule has 0 bridgehead atoms. The van der Waals surface area contributed by atoms with E-state index < -0.39 is 10.1 Å². The van der Waals surface area contributed by atoms with Gasteiger partial charge in [0.15, 0.2) is 0 Å². The Labute approximate surface area is 343 Å². The van der Waals surface area contributed by atoms with E-state index >= 15 is 0 Å². The number of unbranched alkanes of at least 4 members (excludes halogenated alkanes) is 17. The van der Waals surface area contributed by atoms with E-state index in [1.165, 1.54) is 63.1 Å². The van der Waals surface area contributed by atoms with Crippen LogP contribution in [0.5, 0.6) is 23.0 Å². The van der Waals surface area contributed by atoms with Crippen LogP contribution in [0.4, 0.5) is 0 Å². The summed E-state index contributed by atoms with van der Waals surface area (Å²) in [5.41, 5.74) is 1.63. The summed E-state index contributed by atoms with van der Waals surface area (Å²) in [7, 11) is -4.04. The van der Waals surface area contributed by atoms with Gasteiger partial charge in [-0.1, -0.05) is 96.3 Å². The molecule has 2 rings (SSSR count). The van der Waals surface area contributed by atoms with Gasteiger partial charge in [-0.2, -0.15) is 4.33 Å². The van der Waals surface area contributed by atoms with Gasteiger partial charge < -0.3 is 30.2 Å². The van der Waals surface area contributed by atoms with Gasteiger partial charge in [0.25, 0.3) is 0 Å². The van der Waals surface area contributed by atoms with E-state index in [2.05, 4.69) is 9.37 Å². The smallest absolute Gasteiger partial charge is 0.748 e. The van der Waals surface area contributed by atoms with Crippen molar-refractivity contribution in [2.45, 2.75) is 135 Å². The Hall–Kier alpha value is -0.220. The number of phenols is 4. The predicted molar refractivity (Wildman–Crippen MR) is 184 cm³/mol. The van der Waals surface area contributed by atoms with Crippen molar-refractivity contribution in [2.24, 2.45) is 0 Å². The summed E-state index contributed by atoms with van der Waals surface area (Å²) in [6.07, 6.45) is 22.3. The third kappa shape index (κ3) is 31.1. The van der Waals surface area contributed by atoms with Gasteiger partial charge in [-0.25, -0.2) is 8.42 Å². The summed E-state index contributed by atoms with van der Waals surface area (Å²) in [6, 6.07) is 9.32. The number of rotatable bonds is 27. The van der Waals surface area contributed by atoms with E-state index in [4.69, 9.17) is 0 Å². The molecule has 0 heterocycles. The fourth-order valence-corrected chi connectivity index (χ4v) is 6.31. The number of hydrogen-bond acceptors (Lipinski definition) is 11. The van der Waals surface area contributed by atoms with E-state index in [1.807, 2.05) is 0 Å². The molecule has 10 nitrogen and oxygen atoms in total. The first-order chi connectivity index (χ1) is 22.6. The van der Waals surface area contributed by atoms with Gasteiger partial charge in [0.2, 0.25) is 0 Å². The molecule has 0 radical (unpaired) electrons. The van der Waals surface area contributed by atoms with Crippen molar-refractivity contribution in [3.05, 3.63) is 47.5 Å². The number of aryl methyl sites for hydroxylation is 2. The second-order valence-electron chi connectivity index (χ2n) is 12.1. The molecule has 14 heteroatoms. The SMILES string of the molecule is O=S(=O)([O-])CCCCCCCCCCCCc1cc(O)ccc1O.[Na+].[Na+].[O-]OOSCCCCCCCCCCCc1cc(O)ccc1O. The van der Waals surface area contributed by atoms with Crippen molar-refractivity contribution < 1.29 is 107 Å². The van der Waals surface area contributed by atoms with Crippen molar-refractivity contribution >= 4 is 22.2 Å². The molecule has 0 fully saturated rings. The van der Waals surface area contributed by atoms with Gasteiger partial charge in [0.05, 0.1) is 10.1 Å². The molecule has 0 atom stereocenters. The Morgan fingerprint density at radius 1 is 0.551 bits per heavy atom. The third-order valence-electron chi connectivity index (χ3n) is 7.97. The molecule has 0 saturated carbocycles. The normalized spacial score (nSPS) is 10.9. The first-order valence-electron chi connectivity index (χ1n) is 17.2. The quantitative estimate of drug-likeness (QED) is 0.0200. The van der Waals surface area contributed by atoms with Crippen molar-refractivity contribution in [3.63, 3.8) is 0 Å². The summed E-state index contributed by atoms with van der Waals surface area (Å²) in [5, 5.41) is 51.0. The number of aromatic hydroxyl groups is 4. The standard InChI is InChI=1S/C18H30O5S.C17H28O5S.2Na/c19-17-12-13-18(20)16(15-17)11-9-7-5-3-1-2-4-6-8-10-14-24(21,22)23;18-16-11-12-17(19)15(14-16)10-8-6-4-2-1-3-5-7-9-13-23-22-21-20;;/h12-13,15,19-20H,1-11,14H2,(H,21,22,23);11-12,14,18-20H,1-10,13H2;;/q;;2*+1/p-2. The monoisotopic (exact) mass is 746 g/mol. The second kappa shape index (κ2) is 33.6. The molecule has 0 spiro atoms. The minimum absolute atomic E-state index is 0. The van der Waals surface area contributed by atoms with E-state index in [0.29, 0.717) is 6.42 Å². The zero-order valence-corrected chi connectivity index (χ0v) is 35.4. The van der Waals surface area contributed by atoms with Gasteiger partial charge in [0.1, 0.15) is 23.0 Å². The van der Waals surface area contributed by atoms with Gasteiger partial charge in [0, 0.05) is 23.5 Å². The molecule has 49 heavy (non-hydrogen) atoms. The Kier molecular flexibility index (Phi) is 34.9. The molecule has 0 aliphatic heterocycles. The molecule has 0 aliphatic rings. The summed E-state index contributed by atoms with van der Waals surface area (Å²) in [6.45, 7) is 0. The van der Waals surface area contributed by atoms with Gasteiger partial charge in [-0.15, -0.1) is 0 Å². The van der Waals surface area contributed by atoms with Gasteiger partial charge >= 0.3 is 59.1 Å². The van der Waals surface area contributed by atoms with Crippen molar-refractivity contribution in [2.75, 3.05) is 11.5 Å². The maximum atomic E-state index is 10.4. The van der Waals surface area contributed by atoms with Gasteiger partial charge in [-0.3, -0.25) is 5.04 Å². The minimum Gasteiger partial charge on any atom is -0.748 e. The molecule has 0 saturated heterocycles. The molecule has 0 aliphatic carbocycles. The molecule has 0 amide bonds. The Morgan fingerprint density at radius 3 is 1.27 bits per heavy atom. The van der Waals surface area contributed by atoms with Crippen molar-refractivity contribution in [3.8, 4) is 23.0 Å². The summed E-state index contributed by atoms with van der Waals surface area (Å²) < 4.78 is 35.5. The van der Waals surface area contributed by atoms with Crippen LogP contribution >= 0.6 is 12.0 Å². The zero-order valence-electron chi connectivity index (χ0n) is 29.8. The molecule has 0 aromatic heterocycles. The summed E-state index contributed by atoms with van der Waals surface area (Å²) >= 11 is 1.06. The van der Waals surface area contributed by atoms with Crippen LogP contribution in [0.3, 0.4) is 0 Å². The second-order valence-corrected chi connectivity index (χ2v) is 14.4. The Morgan fingerprint density at radius 2 is 0.898 bits per heavy atom. The molecular formula is C35H56Na2O10S2. The van der Waals surface area contributed by atoms with E-state index in [1.54, 1.807) is 18.2 Å². The van der Waals surface area contributed by atoms with Crippen LogP contribution in [0, 0.1) is 0 Å². The molecule has 2 aromatic carbocycles. The maximum absolute atomic E-state index is 10.4. The van der Waals surface area contributed by atoms with Crippen LogP contribution in [0.25, 0.3) is 0 Å². The fourth-order valence-electron chi connectivity index (χ4n) is 5.32. The van der Waals surface area contributed by atoms with Crippen LogP contribution in [0.15, 0.2) is 36.4 Å². The fraction of sp³-hybridized carbons (Fsp3) is 0.657. The van der Waals surface area contributed by atoms with Crippen LogP contribution in [-0.2, 0) is 32.3 Å². The third-order valence-corrected chi connectivity index (χ3v) is 9.36. The van der Waals surface area contributed by atoms with E-state index in [0.717, 1.165) is 112 Å². The number of phenolic OH excluding ortho intramolecular Hbond substituents is 4. The Balaban J connectivity index is 0. The largest absolute Gasteiger partial charge is 1.00 e. The average Bonchev–Trinajstić information content (AvgIpc) is 3.03. The summed E-state index contributed by atoms with van der Waals surface area (Å²) in [5.74, 6) is 1.48. The van der Waals surface area contributed by atoms with Crippen LogP contribution in [-0.4, -0.2) is 44.9 Å². The molecular weight excluding hydrogens is 690 g/mol. The maximum Gasteiger partial charge on any atom is 1.00 e. The average molecular weight is 747 g/mol. The van der Waals surface area contributed by atoms with Crippen molar-refractivity contribution in [1.82, 2.24) is 0 Å². The van der Waals surface area contributed by atoms with Gasteiger partial charge in [-0.05, 0) is 86.1 Å². The topological polar surface area (TPSA) is 180 Å². The first-order valence-corrected chi connectivity index (χ1v) is 19.6. The number of hydrogen-bond donors (Lipinski definition) is 4. The van der Waals surface area contributed by atoms with Crippen LogP contribution in [0.2, 0.25) is 0 Å². The van der Waals surface area contributed by atoms with Crippen LogP contribution < -0.4 is 64.4 Å². The van der Waals surface area contributed by atoms with Crippen LogP contribution in [0.1, 0.15) is 133 Å². The number of benzene rings is 2. The molecule has 270 valence electrons. The predicted octanol–water partition coefficient (Wildman–Crippen LogP) is 2.12. The van der Waals surface area contributed by atoms with E-state index in [-0.39, 0.29) is 87.9 Å². The first kappa shape index (κ1) is 50.9. The summed E-state index contributed by atoms with van der Waals surface area (Å²) in [4.78, 5) is 0. The zero-order chi connectivity index (χ0) is 34.6. The molecule has 4 N–H and O–H groups in total. The Bertz CT molecular complexity index is 1170. The molecule has 0 unspecified atom stereocenters. The van der Waals surface area contributed by atoms with Crippen molar-refractivity contribution in [1.29, 1.82) is 0 Å². The van der Waals surface area contributed by atoms with E-state index in [9.17, 15) is 38.7 Å². The molecule has 2 aromatic rings.